The minimum Gasteiger partial charge on any atom is -0.351 e. The van der Waals surface area contributed by atoms with E-state index in [1.165, 1.54) is 23.2 Å². The van der Waals surface area contributed by atoms with Crippen molar-refractivity contribution in [3.05, 3.63) is 23.0 Å². The van der Waals surface area contributed by atoms with E-state index in [1.807, 2.05) is 0 Å². The Balaban J connectivity index is 2.72. The molecule has 0 amide bonds. The van der Waals surface area contributed by atoms with Crippen molar-refractivity contribution in [2.24, 2.45) is 5.92 Å². The standard InChI is InChI=1S/C12H21N/c1-9(2)6-7-13-8-10(3)11(4)12(13)5/h8-9H,6-7H2,1-5H3. The normalized spacial score (nSPS) is 11.2. The molecule has 1 aromatic rings. The van der Waals surface area contributed by atoms with E-state index in [1.54, 1.807) is 0 Å². The fraction of sp³-hybridized carbons (Fsp3) is 0.667. The van der Waals surface area contributed by atoms with Gasteiger partial charge in [0.25, 0.3) is 0 Å². The third-order valence-corrected chi connectivity index (χ3v) is 2.86. The third-order valence-electron chi connectivity index (χ3n) is 2.86. The van der Waals surface area contributed by atoms with Crippen LogP contribution in [0, 0.1) is 26.7 Å². The van der Waals surface area contributed by atoms with E-state index in [9.17, 15) is 0 Å². The van der Waals surface area contributed by atoms with Crippen molar-refractivity contribution in [2.75, 3.05) is 0 Å². The third kappa shape index (κ3) is 2.36. The zero-order valence-electron chi connectivity index (χ0n) is 9.52. The Morgan fingerprint density at radius 3 is 2.23 bits per heavy atom. The lowest BCUT2D eigenvalue weighted by molar-refractivity contribution is 0.511. The average molecular weight is 179 g/mol. The number of rotatable bonds is 3. The van der Waals surface area contributed by atoms with Crippen LogP contribution in [0.2, 0.25) is 0 Å². The molecule has 0 spiro atoms. The number of nitrogens with zero attached hydrogens (tertiary/aromatic N) is 1. The maximum Gasteiger partial charge on any atom is 0.0224 e. The van der Waals surface area contributed by atoms with Gasteiger partial charge in [-0.25, -0.2) is 0 Å². The highest BCUT2D eigenvalue weighted by atomic mass is 15.0. The first-order valence-corrected chi connectivity index (χ1v) is 5.15. The zero-order valence-corrected chi connectivity index (χ0v) is 9.52. The highest BCUT2D eigenvalue weighted by Crippen LogP contribution is 2.15. The van der Waals surface area contributed by atoms with Gasteiger partial charge < -0.3 is 4.57 Å². The molecule has 0 unspecified atom stereocenters. The van der Waals surface area contributed by atoms with Crippen LogP contribution in [0.1, 0.15) is 37.1 Å². The maximum atomic E-state index is 2.38. The van der Waals surface area contributed by atoms with Gasteiger partial charge in [-0.1, -0.05) is 13.8 Å². The van der Waals surface area contributed by atoms with Crippen LogP contribution < -0.4 is 0 Å². The summed E-state index contributed by atoms with van der Waals surface area (Å²) in [6, 6.07) is 0. The predicted molar refractivity (Wildman–Crippen MR) is 58.1 cm³/mol. The molecule has 1 nitrogen and oxygen atoms in total. The van der Waals surface area contributed by atoms with Gasteiger partial charge in [0, 0.05) is 18.4 Å². The fourth-order valence-electron chi connectivity index (χ4n) is 1.56. The van der Waals surface area contributed by atoms with Gasteiger partial charge >= 0.3 is 0 Å². The van der Waals surface area contributed by atoms with Crippen LogP contribution in [0.15, 0.2) is 6.20 Å². The lowest BCUT2D eigenvalue weighted by atomic mass is 10.1. The largest absolute Gasteiger partial charge is 0.351 e. The van der Waals surface area contributed by atoms with Crippen molar-refractivity contribution in [3.63, 3.8) is 0 Å². The fourth-order valence-corrected chi connectivity index (χ4v) is 1.56. The lowest BCUT2D eigenvalue weighted by Crippen LogP contribution is -2.02. The summed E-state index contributed by atoms with van der Waals surface area (Å²) in [5.74, 6) is 0.794. The van der Waals surface area contributed by atoms with Crippen LogP contribution in [0.5, 0.6) is 0 Å². The smallest absolute Gasteiger partial charge is 0.0224 e. The zero-order chi connectivity index (χ0) is 10.0. The molecule has 0 aliphatic rings. The molecular formula is C12H21N. The number of aryl methyl sites for hydroxylation is 2. The summed E-state index contributed by atoms with van der Waals surface area (Å²) in [7, 11) is 0. The summed E-state index contributed by atoms with van der Waals surface area (Å²) < 4.78 is 2.38. The van der Waals surface area contributed by atoms with E-state index in [4.69, 9.17) is 0 Å². The Bertz CT molecular complexity index is 282. The summed E-state index contributed by atoms with van der Waals surface area (Å²) >= 11 is 0. The van der Waals surface area contributed by atoms with Crippen molar-refractivity contribution < 1.29 is 0 Å². The van der Waals surface area contributed by atoms with Gasteiger partial charge in [0.15, 0.2) is 0 Å². The molecule has 0 fully saturated rings. The van der Waals surface area contributed by atoms with Crippen LogP contribution in [-0.4, -0.2) is 4.57 Å². The van der Waals surface area contributed by atoms with Crippen molar-refractivity contribution in [3.8, 4) is 0 Å². The Labute approximate surface area is 81.8 Å². The van der Waals surface area contributed by atoms with Gasteiger partial charge in [0.05, 0.1) is 0 Å². The van der Waals surface area contributed by atoms with Gasteiger partial charge in [-0.05, 0) is 44.2 Å². The molecule has 0 saturated heterocycles. The molecule has 0 atom stereocenters. The molecule has 1 aromatic heterocycles. The van der Waals surface area contributed by atoms with Crippen LogP contribution in [0.3, 0.4) is 0 Å². The Morgan fingerprint density at radius 1 is 1.23 bits per heavy atom. The van der Waals surface area contributed by atoms with E-state index in [0.29, 0.717) is 0 Å². The lowest BCUT2D eigenvalue weighted by Gasteiger charge is -2.08. The highest BCUT2D eigenvalue weighted by molar-refractivity contribution is 5.28. The summed E-state index contributed by atoms with van der Waals surface area (Å²) in [6.45, 7) is 12.3. The average Bonchev–Trinajstić information content (AvgIpc) is 2.29. The predicted octanol–water partition coefficient (Wildman–Crippen LogP) is 3.46. The Kier molecular flexibility index (Phi) is 3.18. The van der Waals surface area contributed by atoms with Gasteiger partial charge in [-0.15, -0.1) is 0 Å². The molecule has 13 heavy (non-hydrogen) atoms. The Morgan fingerprint density at radius 2 is 1.85 bits per heavy atom. The molecule has 0 radical (unpaired) electrons. The topological polar surface area (TPSA) is 4.93 Å². The van der Waals surface area contributed by atoms with Crippen molar-refractivity contribution >= 4 is 0 Å². The number of hydrogen-bond acceptors (Lipinski definition) is 0. The highest BCUT2D eigenvalue weighted by Gasteiger charge is 2.04. The van der Waals surface area contributed by atoms with Gasteiger partial charge in [0.2, 0.25) is 0 Å². The second-order valence-corrected chi connectivity index (χ2v) is 4.40. The first-order valence-electron chi connectivity index (χ1n) is 5.15. The molecule has 1 heteroatoms. The van der Waals surface area contributed by atoms with Gasteiger partial charge in [-0.2, -0.15) is 0 Å². The quantitative estimate of drug-likeness (QED) is 0.669. The van der Waals surface area contributed by atoms with Crippen molar-refractivity contribution in [1.29, 1.82) is 0 Å². The van der Waals surface area contributed by atoms with Gasteiger partial charge in [0.1, 0.15) is 0 Å². The second-order valence-electron chi connectivity index (χ2n) is 4.40. The van der Waals surface area contributed by atoms with Gasteiger partial charge in [-0.3, -0.25) is 0 Å². The molecule has 0 aromatic carbocycles. The maximum absolute atomic E-state index is 2.38. The molecule has 74 valence electrons. The van der Waals surface area contributed by atoms with Crippen molar-refractivity contribution in [1.82, 2.24) is 4.57 Å². The minimum atomic E-state index is 0.794. The molecule has 0 aliphatic carbocycles. The summed E-state index contributed by atoms with van der Waals surface area (Å²) in [5, 5.41) is 0. The molecular weight excluding hydrogens is 158 g/mol. The summed E-state index contributed by atoms with van der Waals surface area (Å²) in [6.07, 6.45) is 3.54. The SMILES string of the molecule is Cc1cn(CCC(C)C)c(C)c1C. The molecule has 0 aliphatic heterocycles. The van der Waals surface area contributed by atoms with Crippen molar-refractivity contribution in [2.45, 2.75) is 47.6 Å². The van der Waals surface area contributed by atoms with Crippen LogP contribution in [-0.2, 0) is 6.54 Å². The number of hydrogen-bond donors (Lipinski definition) is 0. The van der Waals surface area contributed by atoms with Crippen LogP contribution >= 0.6 is 0 Å². The second kappa shape index (κ2) is 3.99. The molecule has 0 saturated carbocycles. The molecule has 1 rings (SSSR count). The van der Waals surface area contributed by atoms with Crippen LogP contribution in [0.25, 0.3) is 0 Å². The molecule has 0 bridgehead atoms. The molecule has 1 heterocycles. The first-order chi connectivity index (χ1) is 6.02. The number of aromatic nitrogens is 1. The minimum absolute atomic E-state index is 0.794. The summed E-state index contributed by atoms with van der Waals surface area (Å²) in [4.78, 5) is 0. The van der Waals surface area contributed by atoms with Crippen LogP contribution in [0.4, 0.5) is 0 Å². The van der Waals surface area contributed by atoms with E-state index < -0.39 is 0 Å². The van der Waals surface area contributed by atoms with E-state index in [-0.39, 0.29) is 0 Å². The first kappa shape index (κ1) is 10.4. The molecule has 0 N–H and O–H groups in total. The van der Waals surface area contributed by atoms with E-state index in [2.05, 4.69) is 45.4 Å². The Hall–Kier alpha value is -0.720. The summed E-state index contributed by atoms with van der Waals surface area (Å²) in [5.41, 5.74) is 4.29. The van der Waals surface area contributed by atoms with E-state index >= 15 is 0 Å². The monoisotopic (exact) mass is 179 g/mol. The van der Waals surface area contributed by atoms with E-state index in [0.717, 1.165) is 12.5 Å².